The van der Waals surface area contributed by atoms with Gasteiger partial charge in [0, 0.05) is 12.2 Å². The van der Waals surface area contributed by atoms with Gasteiger partial charge in [-0.15, -0.1) is 0 Å². The molecule has 0 saturated heterocycles. The van der Waals surface area contributed by atoms with Crippen LogP contribution in [0.5, 0.6) is 5.75 Å². The fourth-order valence-corrected chi connectivity index (χ4v) is 2.59. The molecule has 0 aliphatic carbocycles. The summed E-state index contributed by atoms with van der Waals surface area (Å²) in [5.41, 5.74) is 0.494. The first kappa shape index (κ1) is 19.5. The molecule has 0 spiro atoms. The number of allylic oxidation sites excluding steroid dienone is 2. The highest BCUT2D eigenvalue weighted by atomic mass is 19.4. The van der Waals surface area contributed by atoms with Crippen LogP contribution in [0, 0.1) is 5.82 Å². The summed E-state index contributed by atoms with van der Waals surface area (Å²) in [6.07, 6.45) is 0.880. The highest BCUT2D eigenvalue weighted by Gasteiger charge is 2.34. The monoisotopic (exact) mass is 392 g/mol. The van der Waals surface area contributed by atoms with Crippen molar-refractivity contribution >= 4 is 17.2 Å². The smallest absolute Gasteiger partial charge is 0.419 e. The van der Waals surface area contributed by atoms with E-state index in [9.17, 15) is 22.4 Å². The Labute approximate surface area is 158 Å². The number of benzene rings is 2. The largest absolute Gasteiger partial charge is 0.484 e. The minimum Gasteiger partial charge on any atom is -0.484 e. The quantitative estimate of drug-likeness (QED) is 0.744. The van der Waals surface area contributed by atoms with E-state index in [4.69, 9.17) is 4.74 Å². The fraction of sp³-hybridized carbons (Fsp3) is 0.150. The molecule has 0 radical (unpaired) electrons. The van der Waals surface area contributed by atoms with Gasteiger partial charge in [0.1, 0.15) is 11.6 Å². The molecule has 0 bridgehead atoms. The number of dihydropyridines is 1. The van der Waals surface area contributed by atoms with Gasteiger partial charge in [-0.3, -0.25) is 4.79 Å². The molecular weight excluding hydrogens is 376 g/mol. The minimum atomic E-state index is -4.85. The third-order valence-corrected chi connectivity index (χ3v) is 3.95. The van der Waals surface area contributed by atoms with Gasteiger partial charge in [-0.1, -0.05) is 18.2 Å². The number of amides is 1. The molecule has 0 atom stereocenters. The van der Waals surface area contributed by atoms with Crippen LogP contribution >= 0.6 is 0 Å². The maximum atomic E-state index is 13.3. The number of rotatable bonds is 5. The first-order valence-electron chi connectivity index (χ1n) is 8.32. The average Bonchev–Trinajstić information content (AvgIpc) is 2.68. The van der Waals surface area contributed by atoms with E-state index in [1.54, 1.807) is 12.1 Å². The molecule has 2 aromatic carbocycles. The number of alkyl halides is 3. The van der Waals surface area contributed by atoms with Gasteiger partial charge in [-0.2, -0.15) is 13.2 Å². The van der Waals surface area contributed by atoms with Crippen LogP contribution in [0.2, 0.25) is 0 Å². The van der Waals surface area contributed by atoms with Crippen LogP contribution in [-0.2, 0) is 11.0 Å². The zero-order valence-corrected chi connectivity index (χ0v) is 14.5. The van der Waals surface area contributed by atoms with E-state index in [1.165, 1.54) is 0 Å². The maximum absolute atomic E-state index is 13.3. The van der Waals surface area contributed by atoms with Crippen molar-refractivity contribution in [3.8, 4) is 5.75 Å². The molecular formula is C20H16F4N2O2. The summed E-state index contributed by atoms with van der Waals surface area (Å²) in [6, 6.07) is 9.33. The zero-order valence-electron chi connectivity index (χ0n) is 14.5. The fourth-order valence-electron chi connectivity index (χ4n) is 2.59. The third-order valence-electron chi connectivity index (χ3n) is 3.95. The van der Waals surface area contributed by atoms with Gasteiger partial charge in [0.2, 0.25) is 0 Å². The Bertz CT molecular complexity index is 919. The van der Waals surface area contributed by atoms with Gasteiger partial charge in [0.05, 0.1) is 5.56 Å². The van der Waals surface area contributed by atoms with E-state index in [1.807, 2.05) is 30.5 Å². The predicted octanol–water partition coefficient (Wildman–Crippen LogP) is 4.36. The molecule has 1 aliphatic heterocycles. The van der Waals surface area contributed by atoms with E-state index in [0.717, 1.165) is 17.2 Å². The normalized spacial score (nSPS) is 13.5. The molecule has 4 nitrogen and oxygen atoms in total. The number of hydrogen-bond acceptors (Lipinski definition) is 3. The number of ether oxygens (including phenoxy) is 1. The highest BCUT2D eigenvalue weighted by molar-refractivity contribution is 5.92. The van der Waals surface area contributed by atoms with Gasteiger partial charge in [-0.05, 0) is 53.7 Å². The van der Waals surface area contributed by atoms with E-state index in [-0.39, 0.29) is 5.69 Å². The summed E-state index contributed by atoms with van der Waals surface area (Å²) in [7, 11) is 0. The van der Waals surface area contributed by atoms with Crippen molar-refractivity contribution < 1.29 is 27.1 Å². The van der Waals surface area contributed by atoms with Crippen molar-refractivity contribution in [2.75, 3.05) is 18.5 Å². The molecule has 1 amide bonds. The molecule has 2 N–H and O–H groups in total. The lowest BCUT2D eigenvalue weighted by Gasteiger charge is -2.13. The van der Waals surface area contributed by atoms with Crippen LogP contribution < -0.4 is 15.4 Å². The van der Waals surface area contributed by atoms with Gasteiger partial charge in [-0.25, -0.2) is 4.39 Å². The van der Waals surface area contributed by atoms with Crippen molar-refractivity contribution in [3.63, 3.8) is 0 Å². The summed E-state index contributed by atoms with van der Waals surface area (Å²) in [5.74, 6) is -1.62. The Morgan fingerprint density at radius 3 is 2.54 bits per heavy atom. The minimum absolute atomic E-state index is 0.164. The molecule has 0 unspecified atom stereocenters. The number of halogens is 4. The van der Waals surface area contributed by atoms with E-state index in [2.05, 4.69) is 10.6 Å². The van der Waals surface area contributed by atoms with Crippen LogP contribution in [-0.4, -0.2) is 19.1 Å². The van der Waals surface area contributed by atoms with Gasteiger partial charge < -0.3 is 15.4 Å². The van der Waals surface area contributed by atoms with Crippen LogP contribution in [0.3, 0.4) is 0 Å². The molecule has 0 saturated carbocycles. The number of nitrogens with one attached hydrogen (secondary N) is 2. The predicted molar refractivity (Wildman–Crippen MR) is 97.1 cm³/mol. The second-order valence-corrected chi connectivity index (χ2v) is 5.99. The first-order valence-corrected chi connectivity index (χ1v) is 8.32. The second-order valence-electron chi connectivity index (χ2n) is 5.99. The lowest BCUT2D eigenvalue weighted by atomic mass is 10.0. The van der Waals surface area contributed by atoms with E-state index in [0.29, 0.717) is 24.4 Å². The van der Waals surface area contributed by atoms with Crippen molar-refractivity contribution in [1.29, 1.82) is 0 Å². The summed E-state index contributed by atoms with van der Waals surface area (Å²) in [5, 5.41) is 5.36. The highest BCUT2D eigenvalue weighted by Crippen LogP contribution is 2.33. The number of carbonyl (C=O) groups is 1. The van der Waals surface area contributed by atoms with Crippen molar-refractivity contribution in [3.05, 3.63) is 77.8 Å². The molecule has 1 aliphatic rings. The van der Waals surface area contributed by atoms with Crippen molar-refractivity contribution in [2.45, 2.75) is 6.18 Å². The zero-order chi connectivity index (χ0) is 20.1. The Morgan fingerprint density at radius 1 is 1.14 bits per heavy atom. The molecule has 2 aromatic rings. The van der Waals surface area contributed by atoms with Crippen molar-refractivity contribution in [1.82, 2.24) is 5.32 Å². The lowest BCUT2D eigenvalue weighted by molar-refractivity contribution is -0.140. The number of anilines is 1. The topological polar surface area (TPSA) is 50.4 Å². The standard InChI is InChI=1S/C20H16F4N2O2/c21-18-8-5-15(10-17(18)20(22,23)24)26-19(27)12-28-16-6-3-13(4-7-16)14-2-1-9-25-11-14/h1-10,25H,11-12H2,(H,26,27). The second kappa shape index (κ2) is 8.16. The summed E-state index contributed by atoms with van der Waals surface area (Å²) in [4.78, 5) is 11.9. The maximum Gasteiger partial charge on any atom is 0.419 e. The van der Waals surface area contributed by atoms with Gasteiger partial charge in [0.25, 0.3) is 5.91 Å². The first-order chi connectivity index (χ1) is 13.3. The Morgan fingerprint density at radius 2 is 1.89 bits per heavy atom. The Hall–Kier alpha value is -3.29. The lowest BCUT2D eigenvalue weighted by Crippen LogP contribution is -2.20. The summed E-state index contributed by atoms with van der Waals surface area (Å²) >= 11 is 0. The molecule has 0 aromatic heterocycles. The average molecular weight is 392 g/mol. The summed E-state index contributed by atoms with van der Waals surface area (Å²) < 4.78 is 56.8. The van der Waals surface area contributed by atoms with Crippen LogP contribution in [0.4, 0.5) is 23.2 Å². The third kappa shape index (κ3) is 4.91. The molecule has 0 fully saturated rings. The molecule has 1 heterocycles. The number of carbonyl (C=O) groups excluding carboxylic acids is 1. The van der Waals surface area contributed by atoms with E-state index >= 15 is 0 Å². The van der Waals surface area contributed by atoms with Crippen LogP contribution in [0.1, 0.15) is 11.1 Å². The van der Waals surface area contributed by atoms with Crippen LogP contribution in [0.25, 0.3) is 5.57 Å². The molecule has 146 valence electrons. The molecule has 28 heavy (non-hydrogen) atoms. The van der Waals surface area contributed by atoms with Gasteiger partial charge >= 0.3 is 6.18 Å². The number of hydrogen-bond donors (Lipinski definition) is 2. The van der Waals surface area contributed by atoms with E-state index < -0.39 is 30.1 Å². The Kier molecular flexibility index (Phi) is 5.67. The molecule has 8 heteroatoms. The molecule has 3 rings (SSSR count). The van der Waals surface area contributed by atoms with Gasteiger partial charge in [0.15, 0.2) is 6.61 Å². The summed E-state index contributed by atoms with van der Waals surface area (Å²) in [6.45, 7) is 0.307. The Balaban J connectivity index is 1.57. The SMILES string of the molecule is O=C(COc1ccc(C2=CC=CNC2)cc1)Nc1ccc(F)c(C(F)(F)F)c1. The van der Waals surface area contributed by atoms with Crippen molar-refractivity contribution in [2.24, 2.45) is 0 Å². The van der Waals surface area contributed by atoms with Crippen LogP contribution in [0.15, 0.2) is 60.8 Å².